The highest BCUT2D eigenvalue weighted by Crippen LogP contribution is 2.27. The zero-order chi connectivity index (χ0) is 15.9. The van der Waals surface area contributed by atoms with Gasteiger partial charge in [-0.2, -0.15) is 0 Å². The molecule has 0 radical (unpaired) electrons. The molecule has 0 bridgehead atoms. The van der Waals surface area contributed by atoms with Gasteiger partial charge in [-0.05, 0) is 37.3 Å². The van der Waals surface area contributed by atoms with Crippen LogP contribution < -0.4 is 10.0 Å². The monoisotopic (exact) mass is 334 g/mol. The maximum Gasteiger partial charge on any atom is 0.242 e. The van der Waals surface area contributed by atoms with Crippen LogP contribution in [0.1, 0.15) is 37.1 Å². The van der Waals surface area contributed by atoms with Crippen molar-refractivity contribution in [3.8, 4) is 0 Å². The van der Waals surface area contributed by atoms with Crippen molar-refractivity contribution in [3.63, 3.8) is 0 Å². The Kier molecular flexibility index (Phi) is 7.83. The van der Waals surface area contributed by atoms with Crippen molar-refractivity contribution < 1.29 is 13.2 Å². The van der Waals surface area contributed by atoms with Gasteiger partial charge in [-0.15, -0.1) is 11.3 Å². The highest BCUT2D eigenvalue weighted by molar-refractivity contribution is 7.89. The van der Waals surface area contributed by atoms with Gasteiger partial charge in [-0.3, -0.25) is 0 Å². The van der Waals surface area contributed by atoms with Crippen molar-refractivity contribution in [1.82, 2.24) is 10.0 Å². The summed E-state index contributed by atoms with van der Waals surface area (Å²) < 4.78 is 33.1. The van der Waals surface area contributed by atoms with Crippen molar-refractivity contribution >= 4 is 21.4 Å². The number of methoxy groups -OCH3 is 1. The highest BCUT2D eigenvalue weighted by atomic mass is 32.2. The maximum absolute atomic E-state index is 12.6. The number of ether oxygens (including phenoxy) is 1. The molecule has 0 aromatic carbocycles. The average Bonchev–Trinajstić information content (AvgIpc) is 2.80. The molecule has 1 aromatic rings. The highest BCUT2D eigenvalue weighted by Gasteiger charge is 2.25. The molecule has 122 valence electrons. The van der Waals surface area contributed by atoms with Crippen LogP contribution in [0, 0.1) is 6.92 Å². The Labute approximate surface area is 132 Å². The van der Waals surface area contributed by atoms with Gasteiger partial charge in [-0.1, -0.05) is 13.8 Å². The molecular weight excluding hydrogens is 308 g/mol. The Morgan fingerprint density at radius 3 is 2.67 bits per heavy atom. The Bertz CT molecular complexity index is 526. The van der Waals surface area contributed by atoms with Crippen LogP contribution in [-0.4, -0.2) is 34.7 Å². The topological polar surface area (TPSA) is 67.4 Å². The first-order valence-electron chi connectivity index (χ1n) is 7.25. The van der Waals surface area contributed by atoms with Gasteiger partial charge in [0.25, 0.3) is 0 Å². The quantitative estimate of drug-likeness (QED) is 0.644. The lowest BCUT2D eigenvalue weighted by Crippen LogP contribution is -2.38. The maximum atomic E-state index is 12.6. The molecule has 0 amide bonds. The number of sulfonamides is 1. The molecule has 1 atom stereocenters. The summed E-state index contributed by atoms with van der Waals surface area (Å²) in [4.78, 5) is 1.28. The number of hydrogen-bond acceptors (Lipinski definition) is 5. The minimum atomic E-state index is -3.51. The van der Waals surface area contributed by atoms with Gasteiger partial charge >= 0.3 is 0 Å². The smallest absolute Gasteiger partial charge is 0.242 e. The van der Waals surface area contributed by atoms with E-state index in [9.17, 15) is 8.42 Å². The van der Waals surface area contributed by atoms with Gasteiger partial charge in [0.1, 0.15) is 4.90 Å². The van der Waals surface area contributed by atoms with Crippen molar-refractivity contribution in [2.24, 2.45) is 0 Å². The van der Waals surface area contributed by atoms with E-state index < -0.39 is 10.0 Å². The molecule has 1 aromatic heterocycles. The van der Waals surface area contributed by atoms with E-state index in [4.69, 9.17) is 4.74 Å². The van der Waals surface area contributed by atoms with E-state index in [0.29, 0.717) is 24.5 Å². The van der Waals surface area contributed by atoms with E-state index in [1.165, 1.54) is 11.3 Å². The summed E-state index contributed by atoms with van der Waals surface area (Å²) in [5.74, 6) is 0. The summed E-state index contributed by atoms with van der Waals surface area (Å²) in [6.07, 6.45) is 1.72. The molecule has 0 aliphatic heterocycles. The molecule has 1 heterocycles. The van der Waals surface area contributed by atoms with Crippen molar-refractivity contribution in [2.45, 2.75) is 51.1 Å². The van der Waals surface area contributed by atoms with Gasteiger partial charge in [-0.25, -0.2) is 13.1 Å². The molecular formula is C14H26N2O3S2. The van der Waals surface area contributed by atoms with E-state index in [-0.39, 0.29) is 6.04 Å². The lowest BCUT2D eigenvalue weighted by Gasteiger charge is -2.17. The number of rotatable bonds is 10. The summed E-state index contributed by atoms with van der Waals surface area (Å²) in [6, 6.07) is -0.198. The van der Waals surface area contributed by atoms with Gasteiger partial charge in [0.05, 0.1) is 6.61 Å². The predicted octanol–water partition coefficient (Wildman–Crippen LogP) is 2.26. The molecule has 21 heavy (non-hydrogen) atoms. The number of thiophene rings is 1. The third-order valence-electron chi connectivity index (χ3n) is 3.15. The molecule has 0 saturated heterocycles. The first-order valence-corrected chi connectivity index (χ1v) is 9.61. The summed E-state index contributed by atoms with van der Waals surface area (Å²) >= 11 is 1.49. The van der Waals surface area contributed by atoms with Gasteiger partial charge in [0.2, 0.25) is 10.0 Å². The Morgan fingerprint density at radius 1 is 1.38 bits per heavy atom. The lowest BCUT2D eigenvalue weighted by molar-refractivity contribution is 0.173. The molecule has 1 rings (SSSR count). The van der Waals surface area contributed by atoms with E-state index in [1.807, 2.05) is 19.2 Å². The normalized spacial score (nSPS) is 13.5. The first kappa shape index (κ1) is 18.6. The van der Waals surface area contributed by atoms with Crippen LogP contribution >= 0.6 is 11.3 Å². The third-order valence-corrected chi connectivity index (χ3v) is 6.14. The molecule has 0 spiro atoms. The molecule has 0 aliphatic rings. The predicted molar refractivity (Wildman–Crippen MR) is 87.3 cm³/mol. The van der Waals surface area contributed by atoms with E-state index in [0.717, 1.165) is 23.4 Å². The van der Waals surface area contributed by atoms with Crippen molar-refractivity contribution in [2.75, 3.05) is 20.3 Å². The summed E-state index contributed by atoms with van der Waals surface area (Å²) in [5.41, 5.74) is 0.799. The fourth-order valence-corrected chi connectivity index (χ4v) is 5.15. The second-order valence-electron chi connectivity index (χ2n) is 5.03. The fraction of sp³-hybridized carbons (Fsp3) is 0.714. The summed E-state index contributed by atoms with van der Waals surface area (Å²) in [6.45, 7) is 7.71. The van der Waals surface area contributed by atoms with Crippen LogP contribution in [0.4, 0.5) is 0 Å². The molecule has 0 saturated carbocycles. The average molecular weight is 335 g/mol. The Hall–Kier alpha value is -0.470. The van der Waals surface area contributed by atoms with E-state index in [2.05, 4.69) is 17.0 Å². The summed E-state index contributed by atoms with van der Waals surface area (Å²) in [5, 5.41) is 5.16. The molecule has 0 fully saturated rings. The second-order valence-corrected chi connectivity index (χ2v) is 7.64. The van der Waals surface area contributed by atoms with E-state index >= 15 is 0 Å². The Morgan fingerprint density at radius 2 is 2.10 bits per heavy atom. The number of hydrogen-bond donors (Lipinski definition) is 2. The first-order chi connectivity index (χ1) is 9.96. The second kappa shape index (κ2) is 8.85. The number of nitrogens with one attached hydrogen (secondary N) is 2. The van der Waals surface area contributed by atoms with Crippen LogP contribution in [0.5, 0.6) is 0 Å². The van der Waals surface area contributed by atoms with Gasteiger partial charge < -0.3 is 10.1 Å². The van der Waals surface area contributed by atoms with Crippen molar-refractivity contribution in [3.05, 3.63) is 15.8 Å². The lowest BCUT2D eigenvalue weighted by atomic mass is 10.3. The van der Waals surface area contributed by atoms with Crippen LogP contribution in [-0.2, 0) is 21.3 Å². The number of aryl methyl sites for hydroxylation is 1. The van der Waals surface area contributed by atoms with Gasteiger partial charge in [0, 0.05) is 24.6 Å². The zero-order valence-electron chi connectivity index (χ0n) is 13.2. The van der Waals surface area contributed by atoms with Crippen molar-refractivity contribution in [1.29, 1.82) is 0 Å². The molecule has 0 aliphatic carbocycles. The summed E-state index contributed by atoms with van der Waals surface area (Å²) in [7, 11) is -1.93. The fourth-order valence-electron chi connectivity index (χ4n) is 2.06. The minimum Gasteiger partial charge on any atom is -0.383 e. The molecule has 2 N–H and O–H groups in total. The Balaban J connectivity index is 2.93. The SMILES string of the molecule is CCCNCc1scc(C)c1S(=O)(=O)NC(CC)COC. The standard InChI is InChI=1S/C14H26N2O3S2/c1-5-7-15-8-13-14(11(3)10-20-13)21(17,18)16-12(6-2)9-19-4/h10,12,15-16H,5-9H2,1-4H3. The minimum absolute atomic E-state index is 0.198. The molecule has 7 heteroatoms. The van der Waals surface area contributed by atoms with Crippen LogP contribution in [0.2, 0.25) is 0 Å². The molecule has 1 unspecified atom stereocenters. The largest absolute Gasteiger partial charge is 0.383 e. The zero-order valence-corrected chi connectivity index (χ0v) is 14.9. The van der Waals surface area contributed by atoms with Crippen LogP contribution in [0.25, 0.3) is 0 Å². The van der Waals surface area contributed by atoms with Crippen LogP contribution in [0.15, 0.2) is 10.3 Å². The van der Waals surface area contributed by atoms with Gasteiger partial charge in [0.15, 0.2) is 0 Å². The van der Waals surface area contributed by atoms with Crippen LogP contribution in [0.3, 0.4) is 0 Å². The third kappa shape index (κ3) is 5.34. The molecule has 5 nitrogen and oxygen atoms in total. The van der Waals surface area contributed by atoms with E-state index in [1.54, 1.807) is 7.11 Å².